The molecule has 0 aliphatic rings. The normalized spacial score (nSPS) is 10.9. The van der Waals surface area contributed by atoms with Crippen molar-refractivity contribution in [2.75, 3.05) is 4.90 Å². The van der Waals surface area contributed by atoms with Gasteiger partial charge in [0.25, 0.3) is 0 Å². The Morgan fingerprint density at radius 3 is 1.45 bits per heavy atom. The third-order valence-electron chi connectivity index (χ3n) is 6.42. The lowest BCUT2D eigenvalue weighted by Gasteiger charge is -2.26. The van der Waals surface area contributed by atoms with E-state index < -0.39 is 7.92 Å². The minimum absolute atomic E-state index is 0.766. The molecule has 0 saturated heterocycles. The monoisotopic (exact) mass is 506 g/mol. The molecule has 1 heterocycles. The number of pyridine rings is 1. The van der Waals surface area contributed by atoms with Crippen LogP contribution in [0.3, 0.4) is 0 Å². The van der Waals surface area contributed by atoms with Gasteiger partial charge in [0.2, 0.25) is 0 Å². The van der Waals surface area contributed by atoms with Crippen molar-refractivity contribution in [3.8, 4) is 11.3 Å². The molecule has 1 aromatic heterocycles. The van der Waals surface area contributed by atoms with E-state index in [0.717, 1.165) is 33.8 Å². The van der Waals surface area contributed by atoms with Crippen molar-refractivity contribution < 1.29 is 0 Å². The summed E-state index contributed by atoms with van der Waals surface area (Å²) in [4.78, 5) is 7.54. The minimum atomic E-state index is -0.766. The smallest absolute Gasteiger partial charge is 0.0728 e. The second kappa shape index (κ2) is 11.3. The first kappa shape index (κ1) is 23.9. The fourth-order valence-corrected chi connectivity index (χ4v) is 6.89. The Labute approximate surface area is 225 Å². The van der Waals surface area contributed by atoms with E-state index in [2.05, 4.69) is 169 Å². The molecule has 0 fully saturated rings. The Balaban J connectivity index is 1.43. The lowest BCUT2D eigenvalue weighted by Crippen LogP contribution is -2.22. The maximum atomic E-state index is 5.25. The maximum absolute atomic E-state index is 5.25. The fraction of sp³-hybridized carbons (Fsp3) is 0. The van der Waals surface area contributed by atoms with Gasteiger partial charge in [0, 0.05) is 30.5 Å². The summed E-state index contributed by atoms with van der Waals surface area (Å²) in [5.41, 5.74) is 6.51. The van der Waals surface area contributed by atoms with Crippen LogP contribution >= 0.6 is 7.92 Å². The Morgan fingerprint density at radius 1 is 0.421 bits per heavy atom. The highest BCUT2D eigenvalue weighted by Gasteiger charge is 2.19. The molecule has 0 N–H and O–H groups in total. The number of rotatable bonds is 7. The van der Waals surface area contributed by atoms with Gasteiger partial charge in [0.1, 0.15) is 0 Å². The lowest BCUT2D eigenvalue weighted by molar-refractivity contribution is 1.28. The van der Waals surface area contributed by atoms with Crippen LogP contribution in [-0.4, -0.2) is 4.98 Å². The number of aromatic nitrogens is 1. The first-order valence-corrected chi connectivity index (χ1v) is 14.1. The molecule has 0 saturated carbocycles. The van der Waals surface area contributed by atoms with Gasteiger partial charge in [-0.25, -0.2) is 4.98 Å². The summed E-state index contributed by atoms with van der Waals surface area (Å²) in [5.74, 6) is 0. The number of hydrogen-bond acceptors (Lipinski definition) is 2. The molecule has 3 heteroatoms. The van der Waals surface area contributed by atoms with Gasteiger partial charge in [-0.05, 0) is 59.1 Å². The van der Waals surface area contributed by atoms with E-state index in [-0.39, 0.29) is 0 Å². The second-order valence-electron chi connectivity index (χ2n) is 8.94. The first-order chi connectivity index (χ1) is 18.9. The summed E-state index contributed by atoms with van der Waals surface area (Å²) < 4.78 is 0. The number of nitrogens with zero attached hydrogens (tertiary/aromatic N) is 2. The van der Waals surface area contributed by atoms with Crippen LogP contribution in [0.25, 0.3) is 11.3 Å². The van der Waals surface area contributed by atoms with Crippen molar-refractivity contribution in [3.05, 3.63) is 164 Å². The second-order valence-corrected chi connectivity index (χ2v) is 11.1. The van der Waals surface area contributed by atoms with Crippen LogP contribution in [0.4, 0.5) is 17.1 Å². The first-order valence-electron chi connectivity index (χ1n) is 12.7. The van der Waals surface area contributed by atoms with Crippen LogP contribution in [0, 0.1) is 0 Å². The zero-order chi connectivity index (χ0) is 25.6. The molecule has 38 heavy (non-hydrogen) atoms. The Kier molecular flexibility index (Phi) is 7.06. The average molecular weight is 507 g/mol. The van der Waals surface area contributed by atoms with Crippen LogP contribution in [0.5, 0.6) is 0 Å². The zero-order valence-corrected chi connectivity index (χ0v) is 21.8. The highest BCUT2D eigenvalue weighted by Crippen LogP contribution is 2.37. The molecule has 0 bridgehead atoms. The van der Waals surface area contributed by atoms with E-state index in [0.29, 0.717) is 0 Å². The summed E-state index contributed by atoms with van der Waals surface area (Å²) in [6.45, 7) is 0. The highest BCUT2D eigenvalue weighted by molar-refractivity contribution is 7.79. The molecular weight excluding hydrogens is 479 g/mol. The molecular formula is C35H27N2P. The van der Waals surface area contributed by atoms with Gasteiger partial charge in [-0.3, -0.25) is 0 Å². The molecule has 0 unspecified atom stereocenters. The molecule has 0 radical (unpaired) electrons. The molecule has 0 aliphatic carbocycles. The summed E-state index contributed by atoms with van der Waals surface area (Å²) >= 11 is 0. The van der Waals surface area contributed by atoms with E-state index in [1.54, 1.807) is 0 Å². The predicted octanol–water partition coefficient (Wildman–Crippen LogP) is 7.98. The van der Waals surface area contributed by atoms with Gasteiger partial charge < -0.3 is 4.90 Å². The molecule has 2 nitrogen and oxygen atoms in total. The maximum Gasteiger partial charge on any atom is 0.0728 e. The molecule has 182 valence electrons. The average Bonchev–Trinajstić information content (AvgIpc) is 3.00. The van der Waals surface area contributed by atoms with Crippen LogP contribution in [0.15, 0.2) is 164 Å². The molecule has 0 atom stereocenters. The summed E-state index contributed by atoms with van der Waals surface area (Å²) in [5, 5.41) is 2.60. The highest BCUT2D eigenvalue weighted by atomic mass is 31.1. The van der Waals surface area contributed by atoms with Crippen LogP contribution < -0.4 is 20.9 Å². The molecule has 5 aromatic carbocycles. The van der Waals surface area contributed by atoms with Gasteiger partial charge in [-0.1, -0.05) is 115 Å². The van der Waals surface area contributed by atoms with Crippen molar-refractivity contribution in [3.63, 3.8) is 0 Å². The van der Waals surface area contributed by atoms with Gasteiger partial charge in [-0.15, -0.1) is 0 Å². The fourth-order valence-electron chi connectivity index (χ4n) is 4.68. The SMILES string of the molecule is c1ccc(N(c2ccccc2)c2cccc(-c3cccc(P(c4ccccc4)c4ccccc4)n3)c2)cc1. The molecule has 0 amide bonds. The van der Waals surface area contributed by atoms with Crippen molar-refractivity contribution in [2.24, 2.45) is 0 Å². The number of hydrogen-bond donors (Lipinski definition) is 0. The number of anilines is 3. The van der Waals surface area contributed by atoms with Crippen LogP contribution in [0.1, 0.15) is 0 Å². The van der Waals surface area contributed by atoms with Crippen molar-refractivity contribution in [1.29, 1.82) is 0 Å². The topological polar surface area (TPSA) is 16.1 Å². The lowest BCUT2D eigenvalue weighted by atomic mass is 10.1. The van der Waals surface area contributed by atoms with E-state index in [1.807, 2.05) is 0 Å². The third kappa shape index (κ3) is 5.13. The van der Waals surface area contributed by atoms with Crippen LogP contribution in [-0.2, 0) is 0 Å². The van der Waals surface area contributed by atoms with Gasteiger partial charge in [0.15, 0.2) is 0 Å². The van der Waals surface area contributed by atoms with E-state index >= 15 is 0 Å². The molecule has 6 rings (SSSR count). The Hall–Kier alpha value is -4.52. The van der Waals surface area contributed by atoms with Gasteiger partial charge in [-0.2, -0.15) is 0 Å². The number of para-hydroxylation sites is 2. The molecule has 0 spiro atoms. The largest absolute Gasteiger partial charge is 0.310 e. The van der Waals surface area contributed by atoms with Crippen molar-refractivity contribution in [1.82, 2.24) is 4.98 Å². The standard InChI is InChI=1S/C35H27N2P/c1-5-16-29(17-6-1)37(30-18-7-2-8-19-30)31-20-13-15-28(27-31)34-25-14-26-35(36-34)38(32-21-9-3-10-22-32)33-23-11-4-12-24-33/h1-27H. The third-order valence-corrected chi connectivity index (χ3v) is 8.76. The quantitative estimate of drug-likeness (QED) is 0.204. The minimum Gasteiger partial charge on any atom is -0.310 e. The van der Waals surface area contributed by atoms with E-state index in [4.69, 9.17) is 4.98 Å². The van der Waals surface area contributed by atoms with E-state index in [1.165, 1.54) is 10.6 Å². The molecule has 6 aromatic rings. The summed E-state index contributed by atoms with van der Waals surface area (Å²) in [6, 6.07) is 57.5. The van der Waals surface area contributed by atoms with E-state index in [9.17, 15) is 0 Å². The van der Waals surface area contributed by atoms with Gasteiger partial charge >= 0.3 is 0 Å². The summed E-state index contributed by atoms with van der Waals surface area (Å²) in [6.07, 6.45) is 0. The Morgan fingerprint density at radius 2 is 0.895 bits per heavy atom. The van der Waals surface area contributed by atoms with Crippen molar-refractivity contribution >= 4 is 41.0 Å². The van der Waals surface area contributed by atoms with Crippen LogP contribution in [0.2, 0.25) is 0 Å². The number of benzene rings is 5. The summed E-state index contributed by atoms with van der Waals surface area (Å²) in [7, 11) is -0.766. The zero-order valence-electron chi connectivity index (χ0n) is 20.9. The predicted molar refractivity (Wildman–Crippen MR) is 163 cm³/mol. The Bertz CT molecular complexity index is 1400. The van der Waals surface area contributed by atoms with Crippen molar-refractivity contribution in [2.45, 2.75) is 0 Å². The van der Waals surface area contributed by atoms with Gasteiger partial charge in [0.05, 0.1) is 11.1 Å². The molecule has 0 aliphatic heterocycles.